The van der Waals surface area contributed by atoms with Gasteiger partial charge in [-0.2, -0.15) is 0 Å². The van der Waals surface area contributed by atoms with Crippen LogP contribution in [0.4, 0.5) is 5.95 Å². The molecule has 1 aromatic rings. The normalized spacial score (nSPS) is 16.8. The van der Waals surface area contributed by atoms with Gasteiger partial charge < -0.3 is 10.2 Å². The predicted molar refractivity (Wildman–Crippen MR) is 53.3 cm³/mol. The molecule has 0 spiro atoms. The maximum atomic E-state index is 4.24. The van der Waals surface area contributed by atoms with Crippen molar-refractivity contribution in [2.75, 3.05) is 31.1 Å². The molecule has 0 aliphatic carbocycles. The summed E-state index contributed by atoms with van der Waals surface area (Å²) in [4.78, 5) is 6.38. The quantitative estimate of drug-likeness (QED) is 0.678. The molecule has 1 aromatic heterocycles. The van der Waals surface area contributed by atoms with E-state index < -0.39 is 0 Å². The summed E-state index contributed by atoms with van der Waals surface area (Å²) in [5.74, 6) is 0.846. The summed E-state index contributed by atoms with van der Waals surface area (Å²) in [6, 6.07) is 0. The second-order valence-corrected chi connectivity index (χ2v) is 2.96. The van der Waals surface area contributed by atoms with Crippen molar-refractivity contribution >= 4 is 18.4 Å². The third kappa shape index (κ3) is 2.32. The van der Waals surface area contributed by atoms with Gasteiger partial charge in [0.15, 0.2) is 0 Å². The standard InChI is InChI=1S/C7H13N5.ClH/c1-11-6-9-7(10-11)12-4-2-8-3-5-12;/h6,8H,2-5H2,1H3;1H. The van der Waals surface area contributed by atoms with Gasteiger partial charge in [0.05, 0.1) is 0 Å². The van der Waals surface area contributed by atoms with Gasteiger partial charge >= 0.3 is 0 Å². The smallest absolute Gasteiger partial charge is 0.244 e. The molecule has 74 valence electrons. The molecule has 1 aliphatic heterocycles. The highest BCUT2D eigenvalue weighted by Crippen LogP contribution is 2.05. The van der Waals surface area contributed by atoms with Crippen molar-refractivity contribution in [2.45, 2.75) is 0 Å². The van der Waals surface area contributed by atoms with E-state index in [9.17, 15) is 0 Å². The third-order valence-corrected chi connectivity index (χ3v) is 1.99. The zero-order valence-electron chi connectivity index (χ0n) is 7.60. The monoisotopic (exact) mass is 203 g/mol. The van der Waals surface area contributed by atoms with Crippen molar-refractivity contribution in [1.29, 1.82) is 0 Å². The number of hydrogen-bond donors (Lipinski definition) is 1. The molecule has 1 fully saturated rings. The van der Waals surface area contributed by atoms with Crippen LogP contribution in [0.5, 0.6) is 0 Å². The maximum absolute atomic E-state index is 4.24. The summed E-state index contributed by atoms with van der Waals surface area (Å²) in [6.45, 7) is 4.06. The van der Waals surface area contributed by atoms with Gasteiger partial charge in [-0.1, -0.05) is 0 Å². The molecule has 1 aliphatic rings. The van der Waals surface area contributed by atoms with Gasteiger partial charge in [-0.15, -0.1) is 17.5 Å². The van der Waals surface area contributed by atoms with Crippen LogP contribution in [0.25, 0.3) is 0 Å². The van der Waals surface area contributed by atoms with Crippen LogP contribution >= 0.6 is 12.4 Å². The Bertz CT molecular complexity index is 255. The van der Waals surface area contributed by atoms with Gasteiger partial charge in [0, 0.05) is 33.2 Å². The molecule has 0 radical (unpaired) electrons. The fourth-order valence-electron chi connectivity index (χ4n) is 1.34. The lowest BCUT2D eigenvalue weighted by Gasteiger charge is -2.25. The van der Waals surface area contributed by atoms with Crippen molar-refractivity contribution < 1.29 is 0 Å². The molecule has 2 heterocycles. The van der Waals surface area contributed by atoms with Gasteiger partial charge in [-0.25, -0.2) is 4.98 Å². The first kappa shape index (κ1) is 10.3. The molecule has 0 amide bonds. The van der Waals surface area contributed by atoms with Gasteiger partial charge in [-0.05, 0) is 0 Å². The summed E-state index contributed by atoms with van der Waals surface area (Å²) in [6.07, 6.45) is 1.73. The summed E-state index contributed by atoms with van der Waals surface area (Å²) in [5, 5.41) is 7.53. The first-order valence-corrected chi connectivity index (χ1v) is 4.17. The molecular weight excluding hydrogens is 190 g/mol. The van der Waals surface area contributed by atoms with Crippen LogP contribution in [0.3, 0.4) is 0 Å². The number of nitrogens with zero attached hydrogens (tertiary/aromatic N) is 4. The number of aromatic nitrogens is 3. The number of aryl methyl sites for hydroxylation is 1. The average molecular weight is 204 g/mol. The highest BCUT2D eigenvalue weighted by atomic mass is 35.5. The highest BCUT2D eigenvalue weighted by Gasteiger charge is 2.12. The lowest BCUT2D eigenvalue weighted by molar-refractivity contribution is 0.578. The molecule has 0 bridgehead atoms. The van der Waals surface area contributed by atoms with E-state index in [1.165, 1.54) is 0 Å². The number of piperazine rings is 1. The molecule has 5 nitrogen and oxygen atoms in total. The second-order valence-electron chi connectivity index (χ2n) is 2.96. The van der Waals surface area contributed by atoms with E-state index in [4.69, 9.17) is 0 Å². The lowest BCUT2D eigenvalue weighted by Crippen LogP contribution is -2.44. The van der Waals surface area contributed by atoms with Gasteiger partial charge in [0.1, 0.15) is 6.33 Å². The lowest BCUT2D eigenvalue weighted by atomic mass is 10.4. The summed E-state index contributed by atoms with van der Waals surface area (Å²) >= 11 is 0. The summed E-state index contributed by atoms with van der Waals surface area (Å²) in [7, 11) is 1.89. The number of hydrogen-bond acceptors (Lipinski definition) is 4. The van der Waals surface area contributed by atoms with E-state index in [0.29, 0.717) is 0 Å². The van der Waals surface area contributed by atoms with E-state index in [2.05, 4.69) is 20.3 Å². The third-order valence-electron chi connectivity index (χ3n) is 1.99. The average Bonchev–Trinajstić information content (AvgIpc) is 2.54. The largest absolute Gasteiger partial charge is 0.337 e. The highest BCUT2D eigenvalue weighted by molar-refractivity contribution is 5.85. The van der Waals surface area contributed by atoms with E-state index >= 15 is 0 Å². The van der Waals surface area contributed by atoms with E-state index in [1.54, 1.807) is 11.0 Å². The second kappa shape index (κ2) is 4.43. The molecule has 0 atom stereocenters. The Hall–Kier alpha value is -0.810. The van der Waals surface area contributed by atoms with E-state index in [1.807, 2.05) is 7.05 Å². The first-order chi connectivity index (χ1) is 5.86. The van der Waals surface area contributed by atoms with Crippen molar-refractivity contribution in [3.05, 3.63) is 6.33 Å². The minimum atomic E-state index is 0. The predicted octanol–water partition coefficient (Wildman–Crippen LogP) is -0.354. The van der Waals surface area contributed by atoms with Crippen LogP contribution in [0, 0.1) is 0 Å². The Morgan fingerprint density at radius 2 is 2.08 bits per heavy atom. The van der Waals surface area contributed by atoms with Gasteiger partial charge in [-0.3, -0.25) is 4.68 Å². The van der Waals surface area contributed by atoms with Crippen molar-refractivity contribution in [1.82, 2.24) is 20.1 Å². The van der Waals surface area contributed by atoms with Crippen LogP contribution in [-0.4, -0.2) is 40.9 Å². The topological polar surface area (TPSA) is 46.0 Å². The molecule has 2 rings (SSSR count). The molecule has 1 saturated heterocycles. The van der Waals surface area contributed by atoms with E-state index in [0.717, 1.165) is 32.1 Å². The van der Waals surface area contributed by atoms with Crippen LogP contribution in [0.1, 0.15) is 0 Å². The van der Waals surface area contributed by atoms with Crippen molar-refractivity contribution in [3.8, 4) is 0 Å². The van der Waals surface area contributed by atoms with Crippen LogP contribution in [0.15, 0.2) is 6.33 Å². The summed E-state index contributed by atoms with van der Waals surface area (Å²) in [5.41, 5.74) is 0. The van der Waals surface area contributed by atoms with Crippen LogP contribution in [-0.2, 0) is 7.05 Å². The molecule has 6 heteroatoms. The maximum Gasteiger partial charge on any atom is 0.244 e. The minimum Gasteiger partial charge on any atom is -0.337 e. The van der Waals surface area contributed by atoms with Gasteiger partial charge in [0.25, 0.3) is 0 Å². The number of rotatable bonds is 1. The fourth-order valence-corrected chi connectivity index (χ4v) is 1.34. The van der Waals surface area contributed by atoms with Crippen molar-refractivity contribution in [2.24, 2.45) is 7.05 Å². The Balaban J connectivity index is 0.000000845. The SMILES string of the molecule is Cl.Cn1cnc(N2CCNCC2)n1. The molecule has 0 saturated carbocycles. The Labute approximate surface area is 83.5 Å². The minimum absolute atomic E-state index is 0. The zero-order chi connectivity index (χ0) is 8.39. The Morgan fingerprint density at radius 1 is 1.38 bits per heavy atom. The fraction of sp³-hybridized carbons (Fsp3) is 0.714. The number of nitrogens with one attached hydrogen (secondary N) is 1. The van der Waals surface area contributed by atoms with Gasteiger partial charge in [0.2, 0.25) is 5.95 Å². The van der Waals surface area contributed by atoms with Crippen LogP contribution < -0.4 is 10.2 Å². The number of anilines is 1. The van der Waals surface area contributed by atoms with E-state index in [-0.39, 0.29) is 12.4 Å². The molecule has 13 heavy (non-hydrogen) atoms. The Morgan fingerprint density at radius 3 is 2.62 bits per heavy atom. The number of halogens is 1. The first-order valence-electron chi connectivity index (χ1n) is 4.17. The molecular formula is C7H14ClN5. The zero-order valence-corrected chi connectivity index (χ0v) is 8.42. The van der Waals surface area contributed by atoms with Crippen LogP contribution in [0.2, 0.25) is 0 Å². The summed E-state index contributed by atoms with van der Waals surface area (Å²) < 4.78 is 1.73. The molecule has 0 aromatic carbocycles. The van der Waals surface area contributed by atoms with Crippen molar-refractivity contribution in [3.63, 3.8) is 0 Å². The Kier molecular flexibility index (Phi) is 3.50. The molecule has 1 N–H and O–H groups in total. The molecule has 0 unspecified atom stereocenters.